The molecule has 38 heavy (non-hydrogen) atoms. The third kappa shape index (κ3) is 5.76. The largest absolute Gasteiger partial charge is 0.393 e. The maximum absolute atomic E-state index is 16.2. The van der Waals surface area contributed by atoms with Crippen molar-refractivity contribution in [2.24, 2.45) is 0 Å². The SMILES string of the molecule is CCC(O)(c1cc(F)c([C@@H](OC2CC(O)C2)N(C)Cc2ncc(Cl)cn2)c(C=O)c1)C1(F)CCN(C)CC1. The fourth-order valence-corrected chi connectivity index (χ4v) is 5.45. The van der Waals surface area contributed by atoms with Crippen molar-refractivity contribution in [2.75, 3.05) is 27.2 Å². The first-order valence-electron chi connectivity index (χ1n) is 12.9. The second-order valence-corrected chi connectivity index (χ2v) is 11.0. The predicted molar refractivity (Wildman–Crippen MR) is 138 cm³/mol. The highest BCUT2D eigenvalue weighted by atomic mass is 35.5. The maximum atomic E-state index is 16.2. The molecule has 4 rings (SSSR count). The molecule has 1 unspecified atom stereocenters. The quantitative estimate of drug-likeness (QED) is 0.339. The van der Waals surface area contributed by atoms with Crippen LogP contribution >= 0.6 is 11.6 Å². The first-order valence-corrected chi connectivity index (χ1v) is 13.3. The average Bonchev–Trinajstić information content (AvgIpc) is 2.88. The van der Waals surface area contributed by atoms with Crippen LogP contribution in [0.5, 0.6) is 0 Å². The van der Waals surface area contributed by atoms with Gasteiger partial charge in [-0.15, -0.1) is 0 Å². The van der Waals surface area contributed by atoms with Gasteiger partial charge in [-0.25, -0.2) is 18.7 Å². The molecule has 8 nitrogen and oxygen atoms in total. The standard InChI is InChI=1S/C27H35ClF2N4O4/c1-4-27(37,26(30)5-7-33(2)8-6-26)18-9-17(16-35)24(22(29)10-18)25(38-21-11-20(36)12-21)34(3)15-23-31-13-19(28)14-32-23/h9-10,13-14,16,20-21,25,36-37H,4-8,11-12,15H2,1-3H3/t20?,21?,25-,27?/m1/s1. The van der Waals surface area contributed by atoms with Crippen LogP contribution in [-0.4, -0.2) is 81.3 Å². The summed E-state index contributed by atoms with van der Waals surface area (Å²) in [5.74, 6) is -0.382. The monoisotopic (exact) mass is 552 g/mol. The molecule has 1 aliphatic heterocycles. The summed E-state index contributed by atoms with van der Waals surface area (Å²) in [6.45, 7) is 2.72. The third-order valence-electron chi connectivity index (χ3n) is 7.90. The van der Waals surface area contributed by atoms with Crippen LogP contribution in [0.4, 0.5) is 8.78 Å². The van der Waals surface area contributed by atoms with E-state index in [0.29, 0.717) is 43.1 Å². The number of benzene rings is 1. The summed E-state index contributed by atoms with van der Waals surface area (Å²) >= 11 is 5.89. The number of ether oxygens (including phenoxy) is 1. The molecule has 11 heteroatoms. The summed E-state index contributed by atoms with van der Waals surface area (Å²) in [7, 11) is 3.56. The number of likely N-dealkylation sites (tertiary alicyclic amines) is 1. The normalized spacial score (nSPS) is 24.0. The molecule has 1 aromatic heterocycles. The number of alkyl halides is 1. The summed E-state index contributed by atoms with van der Waals surface area (Å²) in [6.07, 6.45) is 2.47. The first-order chi connectivity index (χ1) is 18.0. The molecule has 0 bridgehead atoms. The van der Waals surface area contributed by atoms with Crippen molar-refractivity contribution >= 4 is 17.9 Å². The van der Waals surface area contributed by atoms with E-state index in [-0.39, 0.29) is 48.6 Å². The summed E-state index contributed by atoms with van der Waals surface area (Å²) in [4.78, 5) is 24.3. The molecule has 1 aromatic carbocycles. The van der Waals surface area contributed by atoms with Gasteiger partial charge in [-0.05, 0) is 63.9 Å². The van der Waals surface area contributed by atoms with Crippen molar-refractivity contribution in [1.29, 1.82) is 0 Å². The zero-order valence-electron chi connectivity index (χ0n) is 21.9. The Bertz CT molecular complexity index is 1130. The Morgan fingerprint density at radius 1 is 1.32 bits per heavy atom. The van der Waals surface area contributed by atoms with Gasteiger partial charge in [0.2, 0.25) is 0 Å². The zero-order chi connectivity index (χ0) is 27.7. The fraction of sp³-hybridized carbons (Fsp3) is 0.593. The molecule has 2 N–H and O–H groups in total. The molecule has 2 aromatic rings. The van der Waals surface area contributed by atoms with Gasteiger partial charge >= 0.3 is 0 Å². The number of rotatable bonds is 10. The molecule has 0 amide bonds. The lowest BCUT2D eigenvalue weighted by Gasteiger charge is -2.46. The Morgan fingerprint density at radius 3 is 2.50 bits per heavy atom. The lowest BCUT2D eigenvalue weighted by Crippen LogP contribution is -2.54. The summed E-state index contributed by atoms with van der Waals surface area (Å²) in [5, 5.41) is 21.7. The molecule has 2 heterocycles. The van der Waals surface area contributed by atoms with E-state index in [1.54, 1.807) is 18.9 Å². The highest BCUT2D eigenvalue weighted by Crippen LogP contribution is 2.46. The topological polar surface area (TPSA) is 99.0 Å². The van der Waals surface area contributed by atoms with Gasteiger partial charge < -0.3 is 19.8 Å². The number of aldehydes is 1. The summed E-state index contributed by atoms with van der Waals surface area (Å²) in [5.41, 5.74) is -3.99. The van der Waals surface area contributed by atoms with Gasteiger partial charge in [0.15, 0.2) is 6.29 Å². The third-order valence-corrected chi connectivity index (χ3v) is 8.10. The van der Waals surface area contributed by atoms with E-state index in [1.165, 1.54) is 18.5 Å². The average molecular weight is 553 g/mol. The highest BCUT2D eigenvalue weighted by molar-refractivity contribution is 6.30. The van der Waals surface area contributed by atoms with Crippen molar-refractivity contribution in [2.45, 2.75) is 75.3 Å². The second kappa shape index (κ2) is 11.6. The predicted octanol–water partition coefficient (Wildman–Crippen LogP) is 3.78. The number of carbonyl (C=O) groups is 1. The van der Waals surface area contributed by atoms with Crippen LogP contribution in [0.3, 0.4) is 0 Å². The maximum Gasteiger partial charge on any atom is 0.150 e. The van der Waals surface area contributed by atoms with Crippen molar-refractivity contribution in [1.82, 2.24) is 19.8 Å². The molecular formula is C27H35ClF2N4O4. The van der Waals surface area contributed by atoms with Gasteiger partial charge in [-0.1, -0.05) is 18.5 Å². The van der Waals surface area contributed by atoms with Crippen LogP contribution in [0.15, 0.2) is 24.5 Å². The Morgan fingerprint density at radius 2 is 1.95 bits per heavy atom. The van der Waals surface area contributed by atoms with E-state index in [4.69, 9.17) is 16.3 Å². The first kappa shape index (κ1) is 28.9. The fourth-order valence-electron chi connectivity index (χ4n) is 5.35. The van der Waals surface area contributed by atoms with Crippen molar-refractivity contribution in [3.05, 3.63) is 57.9 Å². The van der Waals surface area contributed by atoms with E-state index in [0.717, 1.165) is 6.07 Å². The van der Waals surface area contributed by atoms with Crippen molar-refractivity contribution in [3.8, 4) is 0 Å². The molecule has 2 atom stereocenters. The molecule has 2 aliphatic rings. The van der Waals surface area contributed by atoms with Gasteiger partial charge in [-0.2, -0.15) is 0 Å². The van der Waals surface area contributed by atoms with E-state index in [2.05, 4.69) is 9.97 Å². The molecule has 208 valence electrons. The number of carbonyl (C=O) groups excluding carboxylic acids is 1. The van der Waals surface area contributed by atoms with Crippen LogP contribution in [0.1, 0.15) is 72.6 Å². The Labute approximate surface area is 226 Å². The van der Waals surface area contributed by atoms with Crippen molar-refractivity contribution in [3.63, 3.8) is 0 Å². The Kier molecular flexibility index (Phi) is 8.81. The Balaban J connectivity index is 1.71. The summed E-state index contributed by atoms with van der Waals surface area (Å²) < 4.78 is 38.3. The van der Waals surface area contributed by atoms with Gasteiger partial charge in [0.25, 0.3) is 0 Å². The second-order valence-electron chi connectivity index (χ2n) is 10.5. The van der Waals surface area contributed by atoms with E-state index < -0.39 is 29.4 Å². The van der Waals surface area contributed by atoms with Crippen LogP contribution in [0.2, 0.25) is 5.02 Å². The minimum Gasteiger partial charge on any atom is -0.393 e. The van der Waals surface area contributed by atoms with Crippen molar-refractivity contribution < 1.29 is 28.5 Å². The van der Waals surface area contributed by atoms with Crippen LogP contribution < -0.4 is 0 Å². The van der Waals surface area contributed by atoms with Gasteiger partial charge in [0.1, 0.15) is 29.1 Å². The van der Waals surface area contributed by atoms with E-state index in [1.807, 2.05) is 11.9 Å². The van der Waals surface area contributed by atoms with Crippen LogP contribution in [-0.2, 0) is 16.9 Å². The lowest BCUT2D eigenvalue weighted by atomic mass is 9.71. The minimum absolute atomic E-state index is 0.0119. The van der Waals surface area contributed by atoms with E-state index in [9.17, 15) is 15.0 Å². The Hall–Kier alpha value is -2.08. The molecule has 1 saturated carbocycles. The zero-order valence-corrected chi connectivity index (χ0v) is 22.7. The number of halogens is 3. The minimum atomic E-state index is -1.97. The number of hydrogen-bond acceptors (Lipinski definition) is 8. The molecule has 1 saturated heterocycles. The molecule has 2 fully saturated rings. The molecule has 0 spiro atoms. The van der Waals surface area contributed by atoms with Crippen LogP contribution in [0.25, 0.3) is 0 Å². The number of aliphatic hydroxyl groups is 2. The van der Waals surface area contributed by atoms with Gasteiger partial charge in [0.05, 0.1) is 23.8 Å². The lowest BCUT2D eigenvalue weighted by molar-refractivity contribution is -0.154. The number of nitrogens with zero attached hydrogens (tertiary/aromatic N) is 4. The number of aliphatic hydroxyl groups excluding tert-OH is 1. The number of piperidine rings is 1. The molecular weight excluding hydrogens is 518 g/mol. The van der Waals surface area contributed by atoms with Gasteiger partial charge in [-0.3, -0.25) is 9.69 Å². The van der Waals surface area contributed by atoms with E-state index >= 15 is 8.78 Å². The van der Waals surface area contributed by atoms with Crippen LogP contribution in [0, 0.1) is 5.82 Å². The van der Waals surface area contributed by atoms with Gasteiger partial charge in [0, 0.05) is 36.6 Å². The molecule has 1 aliphatic carbocycles. The number of aromatic nitrogens is 2. The summed E-state index contributed by atoms with van der Waals surface area (Å²) in [6, 6.07) is 2.48. The highest BCUT2D eigenvalue weighted by Gasteiger charge is 2.52. The smallest absolute Gasteiger partial charge is 0.150 e. The number of hydrogen-bond donors (Lipinski definition) is 2. The molecule has 0 radical (unpaired) electrons.